The highest BCUT2D eigenvalue weighted by Crippen LogP contribution is 2.21. The number of nitrogens with zero attached hydrogens (tertiary/aromatic N) is 3. The molecule has 0 aromatic rings. The second-order valence-corrected chi connectivity index (χ2v) is 6.65. The Morgan fingerprint density at radius 1 is 1.29 bits per heavy atom. The molecule has 0 aromatic carbocycles. The Morgan fingerprint density at radius 3 is 2.46 bits per heavy atom. The fourth-order valence-corrected chi connectivity index (χ4v) is 3.24. The summed E-state index contributed by atoms with van der Waals surface area (Å²) in [5, 5.41) is 3.42. The highest BCUT2D eigenvalue weighted by atomic mass is 19.4. The van der Waals surface area contributed by atoms with Gasteiger partial charge in [0.15, 0.2) is 5.96 Å². The quantitative estimate of drug-likeness (QED) is 0.539. The van der Waals surface area contributed by atoms with Crippen molar-refractivity contribution in [3.8, 4) is 0 Å². The van der Waals surface area contributed by atoms with Crippen molar-refractivity contribution in [1.29, 1.82) is 0 Å². The molecule has 24 heavy (non-hydrogen) atoms. The summed E-state index contributed by atoms with van der Waals surface area (Å²) in [7, 11) is 1.77. The van der Waals surface area contributed by atoms with Gasteiger partial charge in [0.2, 0.25) is 0 Å². The minimum absolute atomic E-state index is 0.263. The zero-order valence-corrected chi connectivity index (χ0v) is 15.5. The van der Waals surface area contributed by atoms with Crippen molar-refractivity contribution in [2.24, 2.45) is 16.8 Å². The zero-order valence-electron chi connectivity index (χ0n) is 15.5. The molecule has 0 saturated carbocycles. The molecule has 1 heterocycles. The van der Waals surface area contributed by atoms with E-state index in [1.165, 1.54) is 4.90 Å². The third-order valence-electron chi connectivity index (χ3n) is 4.87. The molecule has 0 aliphatic carbocycles. The van der Waals surface area contributed by atoms with E-state index in [0.717, 1.165) is 44.9 Å². The van der Waals surface area contributed by atoms with Crippen molar-refractivity contribution >= 4 is 5.96 Å². The van der Waals surface area contributed by atoms with Crippen molar-refractivity contribution < 1.29 is 13.2 Å². The average molecular weight is 350 g/mol. The van der Waals surface area contributed by atoms with E-state index in [0.29, 0.717) is 19.0 Å². The summed E-state index contributed by atoms with van der Waals surface area (Å²) < 4.78 is 37.8. The van der Waals surface area contributed by atoms with Crippen molar-refractivity contribution in [2.45, 2.75) is 46.2 Å². The number of likely N-dealkylation sites (tertiary alicyclic amines) is 1. The molecule has 0 amide bonds. The standard InChI is InChI=1S/C17H33F3N4/c1-5-14(6-2)10-22-16(21-4)24-9-8-15(12-24)11-23(7-3)13-17(18,19)20/h14-15H,5-13H2,1-4H3,(H,21,22). The summed E-state index contributed by atoms with van der Waals surface area (Å²) in [6.07, 6.45) is -0.945. The van der Waals surface area contributed by atoms with Gasteiger partial charge in [-0.25, -0.2) is 0 Å². The maximum Gasteiger partial charge on any atom is 0.401 e. The Morgan fingerprint density at radius 2 is 1.96 bits per heavy atom. The van der Waals surface area contributed by atoms with Crippen LogP contribution in [0.5, 0.6) is 0 Å². The molecule has 4 nitrogen and oxygen atoms in total. The van der Waals surface area contributed by atoms with E-state index >= 15 is 0 Å². The van der Waals surface area contributed by atoms with Crippen LogP contribution in [0.25, 0.3) is 0 Å². The van der Waals surface area contributed by atoms with Gasteiger partial charge in [0.1, 0.15) is 0 Å². The number of aliphatic imine (C=N–C) groups is 1. The average Bonchev–Trinajstić information content (AvgIpc) is 2.98. The summed E-state index contributed by atoms with van der Waals surface area (Å²) in [5.41, 5.74) is 0. The Kier molecular flexibility index (Phi) is 8.87. The first-order valence-electron chi connectivity index (χ1n) is 9.07. The molecule has 0 radical (unpaired) electrons. The fourth-order valence-electron chi connectivity index (χ4n) is 3.24. The van der Waals surface area contributed by atoms with Crippen LogP contribution in [0.4, 0.5) is 13.2 Å². The van der Waals surface area contributed by atoms with E-state index in [1.54, 1.807) is 14.0 Å². The third kappa shape index (κ3) is 7.28. The molecule has 7 heteroatoms. The fraction of sp³-hybridized carbons (Fsp3) is 0.941. The largest absolute Gasteiger partial charge is 0.401 e. The van der Waals surface area contributed by atoms with Gasteiger partial charge < -0.3 is 10.2 Å². The first kappa shape index (κ1) is 21.1. The van der Waals surface area contributed by atoms with Crippen LogP contribution in [0.15, 0.2) is 4.99 Å². The van der Waals surface area contributed by atoms with Gasteiger partial charge in [0.25, 0.3) is 0 Å². The van der Waals surface area contributed by atoms with Gasteiger partial charge in [-0.15, -0.1) is 0 Å². The molecule has 142 valence electrons. The lowest BCUT2D eigenvalue weighted by Gasteiger charge is -2.26. The van der Waals surface area contributed by atoms with Gasteiger partial charge in [-0.3, -0.25) is 9.89 Å². The van der Waals surface area contributed by atoms with Gasteiger partial charge in [0.05, 0.1) is 6.54 Å². The first-order valence-corrected chi connectivity index (χ1v) is 9.07. The smallest absolute Gasteiger partial charge is 0.356 e. The second-order valence-electron chi connectivity index (χ2n) is 6.65. The Hall–Kier alpha value is -0.980. The Bertz CT molecular complexity index is 381. The van der Waals surface area contributed by atoms with Crippen molar-refractivity contribution in [3.63, 3.8) is 0 Å². The van der Waals surface area contributed by atoms with E-state index in [4.69, 9.17) is 0 Å². The Labute approximate surface area is 144 Å². The molecular formula is C17H33F3N4. The van der Waals surface area contributed by atoms with Crippen molar-refractivity contribution in [2.75, 3.05) is 46.3 Å². The summed E-state index contributed by atoms with van der Waals surface area (Å²) in [4.78, 5) is 8.01. The lowest BCUT2D eigenvalue weighted by Crippen LogP contribution is -2.43. The van der Waals surface area contributed by atoms with Crippen LogP contribution in [0.2, 0.25) is 0 Å². The molecule has 1 N–H and O–H groups in total. The highest BCUT2D eigenvalue weighted by molar-refractivity contribution is 5.80. The number of guanidine groups is 1. The maximum atomic E-state index is 12.6. The third-order valence-corrected chi connectivity index (χ3v) is 4.87. The van der Waals surface area contributed by atoms with Crippen molar-refractivity contribution in [3.05, 3.63) is 0 Å². The molecule has 1 fully saturated rings. The van der Waals surface area contributed by atoms with Crippen LogP contribution in [-0.4, -0.2) is 68.3 Å². The predicted molar refractivity (Wildman–Crippen MR) is 93.3 cm³/mol. The summed E-state index contributed by atoms with van der Waals surface area (Å²) in [6.45, 7) is 8.79. The molecular weight excluding hydrogens is 317 g/mol. The van der Waals surface area contributed by atoms with Crippen LogP contribution in [0, 0.1) is 11.8 Å². The topological polar surface area (TPSA) is 30.9 Å². The number of halogens is 3. The van der Waals surface area contributed by atoms with Crippen molar-refractivity contribution in [1.82, 2.24) is 15.1 Å². The van der Waals surface area contributed by atoms with E-state index < -0.39 is 12.7 Å². The molecule has 1 aliphatic heterocycles. The lowest BCUT2D eigenvalue weighted by atomic mass is 10.0. The van der Waals surface area contributed by atoms with Gasteiger partial charge in [-0.05, 0) is 24.8 Å². The summed E-state index contributed by atoms with van der Waals surface area (Å²) in [5.74, 6) is 1.77. The monoisotopic (exact) mass is 350 g/mol. The highest BCUT2D eigenvalue weighted by Gasteiger charge is 2.33. The summed E-state index contributed by atoms with van der Waals surface area (Å²) >= 11 is 0. The lowest BCUT2D eigenvalue weighted by molar-refractivity contribution is -0.146. The Balaban J connectivity index is 2.48. The normalized spacial score (nSPS) is 19.6. The van der Waals surface area contributed by atoms with E-state index in [1.807, 2.05) is 0 Å². The van der Waals surface area contributed by atoms with Gasteiger partial charge >= 0.3 is 6.18 Å². The molecule has 1 atom stereocenters. The number of alkyl halides is 3. The van der Waals surface area contributed by atoms with E-state index in [2.05, 4.69) is 29.1 Å². The minimum atomic E-state index is -4.12. The number of hydrogen-bond acceptors (Lipinski definition) is 2. The molecule has 0 spiro atoms. The van der Waals surface area contributed by atoms with Crippen LogP contribution in [-0.2, 0) is 0 Å². The van der Waals surface area contributed by atoms with Crippen LogP contribution >= 0.6 is 0 Å². The first-order chi connectivity index (χ1) is 11.3. The van der Waals surface area contributed by atoms with Crippen LogP contribution in [0.1, 0.15) is 40.0 Å². The maximum absolute atomic E-state index is 12.6. The predicted octanol–water partition coefficient (Wildman–Crippen LogP) is 3.20. The SMILES string of the molecule is CCC(CC)CNC(=NC)N1CCC(CN(CC)CC(F)(F)F)C1. The number of rotatable bonds is 8. The molecule has 0 bridgehead atoms. The second kappa shape index (κ2) is 10.1. The zero-order chi connectivity index (χ0) is 18.2. The molecule has 1 rings (SSSR count). The van der Waals surface area contributed by atoms with Gasteiger partial charge in [-0.2, -0.15) is 13.2 Å². The molecule has 1 unspecified atom stereocenters. The van der Waals surface area contributed by atoms with Gasteiger partial charge in [0, 0.05) is 33.2 Å². The van der Waals surface area contributed by atoms with Crippen LogP contribution in [0.3, 0.4) is 0 Å². The minimum Gasteiger partial charge on any atom is -0.356 e. The number of nitrogens with one attached hydrogen (secondary N) is 1. The molecule has 1 saturated heterocycles. The molecule has 1 aliphatic rings. The van der Waals surface area contributed by atoms with Gasteiger partial charge in [-0.1, -0.05) is 33.6 Å². The summed E-state index contributed by atoms with van der Waals surface area (Å²) in [6, 6.07) is 0. The molecule has 0 aromatic heterocycles. The van der Waals surface area contributed by atoms with Crippen LogP contribution < -0.4 is 5.32 Å². The van der Waals surface area contributed by atoms with E-state index in [-0.39, 0.29) is 5.92 Å². The van der Waals surface area contributed by atoms with E-state index in [9.17, 15) is 13.2 Å². The number of hydrogen-bond donors (Lipinski definition) is 1.